The first-order chi connectivity index (χ1) is 7.15. The first kappa shape index (κ1) is 12.4. The summed E-state index contributed by atoms with van der Waals surface area (Å²) >= 11 is 6.67. The Kier molecular flexibility index (Phi) is 4.93. The molecule has 0 fully saturated rings. The van der Waals surface area contributed by atoms with Gasteiger partial charge in [0.05, 0.1) is 0 Å². The number of carbonyl (C=O) groups excluding carboxylic acids is 1. The Hall–Kier alpha value is -0.720. The smallest absolute Gasteiger partial charge is 0.284 e. The monoisotopic (exact) mass is 249 g/mol. The van der Waals surface area contributed by atoms with E-state index in [9.17, 15) is 4.79 Å². The van der Waals surface area contributed by atoms with Crippen molar-refractivity contribution in [2.45, 2.75) is 6.42 Å². The largest absolute Gasteiger partial charge is 0.385 e. The van der Waals surface area contributed by atoms with Crippen LogP contribution < -0.4 is 0 Å². The van der Waals surface area contributed by atoms with Crippen LogP contribution in [0.5, 0.6) is 0 Å². The molecule has 1 aromatic rings. The lowest BCUT2D eigenvalue weighted by Gasteiger charge is -2.14. The van der Waals surface area contributed by atoms with Crippen LogP contribution in [-0.4, -0.2) is 48.3 Å². The predicted octanol–water partition coefficient (Wildman–Crippen LogP) is 1.30. The standard InChI is InChI=1S/C8H12ClN3O2S/c1-12(4-3-5-14-2)7(13)6-10-11-8(9)15-6/h3-5H2,1-2H3. The quantitative estimate of drug-likeness (QED) is 0.738. The van der Waals surface area contributed by atoms with Gasteiger partial charge in [0.2, 0.25) is 9.47 Å². The summed E-state index contributed by atoms with van der Waals surface area (Å²) in [5.74, 6) is -0.157. The summed E-state index contributed by atoms with van der Waals surface area (Å²) in [6.45, 7) is 1.26. The molecule has 15 heavy (non-hydrogen) atoms. The molecule has 0 aliphatic heterocycles. The van der Waals surface area contributed by atoms with Crippen LogP contribution in [-0.2, 0) is 4.74 Å². The SMILES string of the molecule is COCCCN(C)C(=O)c1nnc(Cl)s1. The molecule has 1 aromatic heterocycles. The summed E-state index contributed by atoms with van der Waals surface area (Å²) in [5, 5.41) is 7.58. The van der Waals surface area contributed by atoms with Gasteiger partial charge in [0.15, 0.2) is 0 Å². The Morgan fingerprint density at radius 2 is 2.33 bits per heavy atom. The fourth-order valence-corrected chi connectivity index (χ4v) is 1.83. The normalized spacial score (nSPS) is 10.3. The molecule has 0 aliphatic carbocycles. The second-order valence-corrected chi connectivity index (χ2v) is 4.49. The van der Waals surface area contributed by atoms with E-state index >= 15 is 0 Å². The van der Waals surface area contributed by atoms with Crippen molar-refractivity contribution < 1.29 is 9.53 Å². The van der Waals surface area contributed by atoms with Gasteiger partial charge in [-0.25, -0.2) is 0 Å². The van der Waals surface area contributed by atoms with Crippen LogP contribution in [0.2, 0.25) is 4.47 Å². The van der Waals surface area contributed by atoms with E-state index in [4.69, 9.17) is 16.3 Å². The first-order valence-corrected chi connectivity index (χ1v) is 5.58. The molecule has 0 saturated heterocycles. The van der Waals surface area contributed by atoms with Gasteiger partial charge in [-0.2, -0.15) is 0 Å². The third-order valence-corrected chi connectivity index (χ3v) is 2.78. The lowest BCUT2D eigenvalue weighted by Crippen LogP contribution is -2.28. The van der Waals surface area contributed by atoms with Gasteiger partial charge in [0, 0.05) is 27.3 Å². The maximum Gasteiger partial charge on any atom is 0.284 e. The number of hydrogen-bond acceptors (Lipinski definition) is 5. The summed E-state index contributed by atoms with van der Waals surface area (Å²) < 4.78 is 5.18. The lowest BCUT2D eigenvalue weighted by molar-refractivity contribution is 0.0778. The van der Waals surface area contributed by atoms with Crippen LogP contribution in [0, 0.1) is 0 Å². The molecule has 1 amide bonds. The number of carbonyl (C=O) groups is 1. The molecule has 5 nitrogen and oxygen atoms in total. The topological polar surface area (TPSA) is 55.3 Å². The number of nitrogens with zero attached hydrogens (tertiary/aromatic N) is 3. The highest BCUT2D eigenvalue weighted by molar-refractivity contribution is 7.17. The Morgan fingerprint density at radius 3 is 2.87 bits per heavy atom. The number of halogens is 1. The second kappa shape index (κ2) is 5.99. The van der Waals surface area contributed by atoms with Crippen LogP contribution in [0.3, 0.4) is 0 Å². The minimum Gasteiger partial charge on any atom is -0.385 e. The number of ether oxygens (including phenoxy) is 1. The van der Waals surface area contributed by atoms with Gasteiger partial charge in [0.1, 0.15) is 0 Å². The van der Waals surface area contributed by atoms with Gasteiger partial charge in [0.25, 0.3) is 5.91 Å². The predicted molar refractivity (Wildman–Crippen MR) is 58.4 cm³/mol. The van der Waals surface area contributed by atoms with Crippen molar-refractivity contribution in [3.8, 4) is 0 Å². The minimum atomic E-state index is -0.157. The van der Waals surface area contributed by atoms with Crippen LogP contribution >= 0.6 is 22.9 Å². The molecule has 0 atom stereocenters. The number of methoxy groups -OCH3 is 1. The van der Waals surface area contributed by atoms with Crippen molar-refractivity contribution in [2.24, 2.45) is 0 Å². The van der Waals surface area contributed by atoms with Gasteiger partial charge in [-0.1, -0.05) is 11.3 Å². The molecule has 0 unspecified atom stereocenters. The number of rotatable bonds is 5. The van der Waals surface area contributed by atoms with E-state index in [2.05, 4.69) is 10.2 Å². The number of hydrogen-bond donors (Lipinski definition) is 0. The van der Waals surface area contributed by atoms with Crippen molar-refractivity contribution in [1.82, 2.24) is 15.1 Å². The molecule has 0 aliphatic rings. The summed E-state index contributed by atoms with van der Waals surface area (Å²) in [7, 11) is 3.35. The zero-order valence-corrected chi connectivity index (χ0v) is 10.1. The Morgan fingerprint density at radius 1 is 1.60 bits per heavy atom. The van der Waals surface area contributed by atoms with E-state index in [0.29, 0.717) is 18.2 Å². The number of amides is 1. The van der Waals surface area contributed by atoms with Crippen molar-refractivity contribution in [3.63, 3.8) is 0 Å². The van der Waals surface area contributed by atoms with Crippen molar-refractivity contribution in [3.05, 3.63) is 9.47 Å². The molecule has 0 bridgehead atoms. The van der Waals surface area contributed by atoms with E-state index in [1.807, 2.05) is 0 Å². The van der Waals surface area contributed by atoms with Crippen LogP contribution in [0.25, 0.3) is 0 Å². The maximum absolute atomic E-state index is 11.7. The fraction of sp³-hybridized carbons (Fsp3) is 0.625. The first-order valence-electron chi connectivity index (χ1n) is 4.38. The molecule has 1 rings (SSSR count). The highest BCUT2D eigenvalue weighted by Gasteiger charge is 2.16. The summed E-state index contributed by atoms with van der Waals surface area (Å²) in [4.78, 5) is 13.3. The van der Waals surface area contributed by atoms with Crippen LogP contribution in [0.15, 0.2) is 0 Å². The van der Waals surface area contributed by atoms with Gasteiger partial charge >= 0.3 is 0 Å². The summed E-state index contributed by atoms with van der Waals surface area (Å²) in [6, 6.07) is 0. The zero-order chi connectivity index (χ0) is 11.3. The molecule has 0 N–H and O–H groups in total. The van der Waals surface area contributed by atoms with E-state index in [-0.39, 0.29) is 10.4 Å². The van der Waals surface area contributed by atoms with Crippen LogP contribution in [0.4, 0.5) is 0 Å². The Balaban J connectivity index is 2.46. The number of aromatic nitrogens is 2. The summed E-state index contributed by atoms with van der Waals surface area (Å²) in [5.41, 5.74) is 0. The van der Waals surface area contributed by atoms with Gasteiger partial charge < -0.3 is 9.64 Å². The third-order valence-electron chi connectivity index (χ3n) is 1.77. The van der Waals surface area contributed by atoms with E-state index < -0.39 is 0 Å². The Labute approximate surface area is 97.0 Å². The van der Waals surface area contributed by atoms with E-state index in [0.717, 1.165) is 17.8 Å². The lowest BCUT2D eigenvalue weighted by atomic mass is 10.4. The second-order valence-electron chi connectivity index (χ2n) is 2.93. The zero-order valence-electron chi connectivity index (χ0n) is 8.57. The highest BCUT2D eigenvalue weighted by atomic mass is 35.5. The molecular weight excluding hydrogens is 238 g/mol. The molecule has 84 valence electrons. The molecule has 1 heterocycles. The van der Waals surface area contributed by atoms with E-state index in [1.165, 1.54) is 0 Å². The van der Waals surface area contributed by atoms with Gasteiger partial charge in [-0.15, -0.1) is 10.2 Å². The molecule has 7 heteroatoms. The molecule has 0 saturated carbocycles. The van der Waals surface area contributed by atoms with Gasteiger partial charge in [-0.05, 0) is 18.0 Å². The molecule has 0 aromatic carbocycles. The van der Waals surface area contributed by atoms with E-state index in [1.54, 1.807) is 19.1 Å². The van der Waals surface area contributed by atoms with Crippen LogP contribution in [0.1, 0.15) is 16.2 Å². The average Bonchev–Trinajstić information content (AvgIpc) is 2.64. The highest BCUT2D eigenvalue weighted by Crippen LogP contribution is 2.16. The Bertz CT molecular complexity index is 331. The third kappa shape index (κ3) is 3.73. The maximum atomic E-state index is 11.7. The van der Waals surface area contributed by atoms with Crippen molar-refractivity contribution in [2.75, 3.05) is 27.3 Å². The summed E-state index contributed by atoms with van der Waals surface area (Å²) in [6.07, 6.45) is 0.797. The van der Waals surface area contributed by atoms with Gasteiger partial charge in [-0.3, -0.25) is 4.79 Å². The molecular formula is C8H12ClN3O2S. The van der Waals surface area contributed by atoms with Crippen molar-refractivity contribution >= 4 is 28.8 Å². The van der Waals surface area contributed by atoms with Crippen molar-refractivity contribution in [1.29, 1.82) is 0 Å². The minimum absolute atomic E-state index is 0.157. The fourth-order valence-electron chi connectivity index (χ4n) is 1.00. The average molecular weight is 250 g/mol. The molecule has 0 radical (unpaired) electrons. The molecule has 0 spiro atoms.